The first-order valence-electron chi connectivity index (χ1n) is 5.30. The molecule has 0 radical (unpaired) electrons. The van der Waals surface area contributed by atoms with Gasteiger partial charge in [-0.1, -0.05) is 0 Å². The molecule has 1 aromatic heterocycles. The van der Waals surface area contributed by atoms with Crippen LogP contribution in [0, 0.1) is 12.8 Å². The van der Waals surface area contributed by atoms with Gasteiger partial charge in [-0.15, -0.1) is 0 Å². The number of hydrogen-bond acceptors (Lipinski definition) is 3. The lowest BCUT2D eigenvalue weighted by Crippen LogP contribution is -2.50. The third kappa shape index (κ3) is 1.98. The fraction of sp³-hybridized carbons (Fsp3) is 0.727. The smallest absolute Gasteiger partial charge is 0.194 e. The summed E-state index contributed by atoms with van der Waals surface area (Å²) in [6.45, 7) is 8.81. The van der Waals surface area contributed by atoms with E-state index >= 15 is 0 Å². The first kappa shape index (κ1) is 9.71. The van der Waals surface area contributed by atoms with Crippen LogP contribution in [-0.4, -0.2) is 29.0 Å². The highest BCUT2D eigenvalue weighted by molar-refractivity contribution is 4.95. The molecular formula is C11H18N2O. The van der Waals surface area contributed by atoms with E-state index in [-0.39, 0.29) is 0 Å². The fourth-order valence-corrected chi connectivity index (χ4v) is 1.90. The van der Waals surface area contributed by atoms with Crippen molar-refractivity contribution in [1.82, 2.24) is 9.88 Å². The second-order valence-corrected chi connectivity index (χ2v) is 4.48. The Morgan fingerprint density at radius 1 is 1.57 bits per heavy atom. The van der Waals surface area contributed by atoms with Crippen LogP contribution in [0.3, 0.4) is 0 Å². The van der Waals surface area contributed by atoms with Crippen molar-refractivity contribution in [2.24, 2.45) is 5.92 Å². The van der Waals surface area contributed by atoms with Gasteiger partial charge >= 0.3 is 0 Å². The zero-order valence-corrected chi connectivity index (χ0v) is 9.16. The highest BCUT2D eigenvalue weighted by Gasteiger charge is 2.29. The van der Waals surface area contributed by atoms with E-state index in [0.29, 0.717) is 6.04 Å². The fourth-order valence-electron chi connectivity index (χ4n) is 1.90. The molecule has 0 atom stereocenters. The molecule has 0 unspecified atom stereocenters. The number of aromatic nitrogens is 1. The Kier molecular flexibility index (Phi) is 2.59. The van der Waals surface area contributed by atoms with Gasteiger partial charge in [0.2, 0.25) is 0 Å². The molecule has 0 spiro atoms. The molecule has 0 aromatic carbocycles. The number of likely N-dealkylation sites (tertiary alicyclic amines) is 1. The normalized spacial score (nSPS) is 18.9. The molecule has 3 nitrogen and oxygen atoms in total. The molecule has 0 N–H and O–H groups in total. The first-order chi connectivity index (χ1) is 6.65. The molecule has 1 aromatic rings. The van der Waals surface area contributed by atoms with E-state index < -0.39 is 0 Å². The molecule has 3 heteroatoms. The second-order valence-electron chi connectivity index (χ2n) is 4.48. The summed E-state index contributed by atoms with van der Waals surface area (Å²) in [5.41, 5.74) is 0. The molecule has 1 aliphatic heterocycles. The molecule has 1 aliphatic rings. The third-order valence-corrected chi connectivity index (χ3v) is 2.85. The minimum atomic E-state index is 0.678. The topological polar surface area (TPSA) is 29.3 Å². The maximum atomic E-state index is 5.46. The van der Waals surface area contributed by atoms with Gasteiger partial charge in [0.05, 0.1) is 6.20 Å². The largest absolute Gasteiger partial charge is 0.446 e. The lowest BCUT2D eigenvalue weighted by molar-refractivity contribution is 0.0641. The molecule has 0 bridgehead atoms. The Labute approximate surface area is 85.1 Å². The van der Waals surface area contributed by atoms with Gasteiger partial charge in [-0.2, -0.15) is 0 Å². The van der Waals surface area contributed by atoms with Gasteiger partial charge in [0.15, 0.2) is 5.89 Å². The average molecular weight is 194 g/mol. The minimum Gasteiger partial charge on any atom is -0.446 e. The molecule has 14 heavy (non-hydrogen) atoms. The Hall–Kier alpha value is -0.830. The Balaban J connectivity index is 1.79. The van der Waals surface area contributed by atoms with E-state index in [4.69, 9.17) is 4.42 Å². The van der Waals surface area contributed by atoms with E-state index in [9.17, 15) is 0 Å². The van der Waals surface area contributed by atoms with Crippen molar-refractivity contribution in [3.63, 3.8) is 0 Å². The van der Waals surface area contributed by atoms with Crippen LogP contribution < -0.4 is 0 Å². The van der Waals surface area contributed by atoms with E-state index in [2.05, 4.69) is 23.7 Å². The van der Waals surface area contributed by atoms with E-state index in [1.807, 2.05) is 6.92 Å². The molecule has 2 heterocycles. The van der Waals surface area contributed by atoms with Crippen LogP contribution in [0.2, 0.25) is 0 Å². The number of hydrogen-bond donors (Lipinski definition) is 0. The maximum Gasteiger partial charge on any atom is 0.194 e. The SMILES string of the molecule is Cc1cnc(CC2CN(C(C)C)C2)o1. The quantitative estimate of drug-likeness (QED) is 0.735. The Bertz CT molecular complexity index is 300. The van der Waals surface area contributed by atoms with E-state index in [1.165, 1.54) is 13.1 Å². The van der Waals surface area contributed by atoms with Gasteiger partial charge in [-0.05, 0) is 26.7 Å². The maximum absolute atomic E-state index is 5.46. The van der Waals surface area contributed by atoms with Crippen molar-refractivity contribution in [2.45, 2.75) is 33.2 Å². The average Bonchev–Trinajstić information content (AvgIpc) is 2.42. The van der Waals surface area contributed by atoms with Crippen LogP contribution in [0.25, 0.3) is 0 Å². The third-order valence-electron chi connectivity index (χ3n) is 2.85. The van der Waals surface area contributed by atoms with E-state index in [0.717, 1.165) is 24.0 Å². The second kappa shape index (κ2) is 3.73. The summed E-state index contributed by atoms with van der Waals surface area (Å²) in [6, 6.07) is 0.678. The molecule has 2 rings (SSSR count). The van der Waals surface area contributed by atoms with Gasteiger partial charge in [-0.25, -0.2) is 4.98 Å². The number of oxazole rings is 1. The molecule has 78 valence electrons. The van der Waals surface area contributed by atoms with E-state index in [1.54, 1.807) is 6.20 Å². The zero-order valence-electron chi connectivity index (χ0n) is 9.16. The van der Waals surface area contributed by atoms with Crippen molar-refractivity contribution in [3.05, 3.63) is 17.8 Å². The summed E-state index contributed by atoms with van der Waals surface area (Å²) in [4.78, 5) is 6.69. The van der Waals surface area contributed by atoms with Crippen molar-refractivity contribution < 1.29 is 4.42 Å². The van der Waals surface area contributed by atoms with Gasteiger partial charge in [0.25, 0.3) is 0 Å². The van der Waals surface area contributed by atoms with Crippen LogP contribution in [0.5, 0.6) is 0 Å². The van der Waals surface area contributed by atoms with Gasteiger partial charge in [0.1, 0.15) is 5.76 Å². The molecule has 0 saturated carbocycles. The molecule has 1 saturated heterocycles. The predicted molar refractivity (Wildman–Crippen MR) is 55.1 cm³/mol. The summed E-state index contributed by atoms with van der Waals surface area (Å²) in [7, 11) is 0. The van der Waals surface area contributed by atoms with Gasteiger partial charge in [-0.3, -0.25) is 0 Å². The number of nitrogens with zero attached hydrogens (tertiary/aromatic N) is 2. The lowest BCUT2D eigenvalue weighted by Gasteiger charge is -2.41. The number of rotatable bonds is 3. The zero-order chi connectivity index (χ0) is 10.1. The van der Waals surface area contributed by atoms with Crippen molar-refractivity contribution >= 4 is 0 Å². The Morgan fingerprint density at radius 2 is 2.29 bits per heavy atom. The van der Waals surface area contributed by atoms with Crippen LogP contribution in [0.15, 0.2) is 10.6 Å². The summed E-state index contributed by atoms with van der Waals surface area (Å²) in [6.07, 6.45) is 2.80. The minimum absolute atomic E-state index is 0.678. The van der Waals surface area contributed by atoms with Crippen molar-refractivity contribution in [3.8, 4) is 0 Å². The summed E-state index contributed by atoms with van der Waals surface area (Å²) in [5, 5.41) is 0. The summed E-state index contributed by atoms with van der Waals surface area (Å²) < 4.78 is 5.46. The number of aryl methyl sites for hydroxylation is 1. The molecule has 0 amide bonds. The van der Waals surface area contributed by atoms with Crippen LogP contribution in [-0.2, 0) is 6.42 Å². The predicted octanol–water partition coefficient (Wildman–Crippen LogP) is 1.87. The standard InChI is InChI=1S/C11H18N2O/c1-8(2)13-6-10(7-13)4-11-12-5-9(3)14-11/h5,8,10H,4,6-7H2,1-3H3. The van der Waals surface area contributed by atoms with Gasteiger partial charge < -0.3 is 9.32 Å². The molecule has 0 aliphatic carbocycles. The monoisotopic (exact) mass is 194 g/mol. The highest BCUT2D eigenvalue weighted by atomic mass is 16.4. The summed E-state index contributed by atoms with van der Waals surface area (Å²) in [5.74, 6) is 2.56. The summed E-state index contributed by atoms with van der Waals surface area (Å²) >= 11 is 0. The van der Waals surface area contributed by atoms with Crippen LogP contribution in [0.4, 0.5) is 0 Å². The van der Waals surface area contributed by atoms with Crippen LogP contribution in [0.1, 0.15) is 25.5 Å². The van der Waals surface area contributed by atoms with Crippen molar-refractivity contribution in [2.75, 3.05) is 13.1 Å². The first-order valence-corrected chi connectivity index (χ1v) is 5.30. The van der Waals surface area contributed by atoms with Crippen molar-refractivity contribution in [1.29, 1.82) is 0 Å². The van der Waals surface area contributed by atoms with Crippen LogP contribution >= 0.6 is 0 Å². The highest BCUT2D eigenvalue weighted by Crippen LogP contribution is 2.22. The van der Waals surface area contributed by atoms with Gasteiger partial charge in [0, 0.05) is 25.6 Å². The Morgan fingerprint density at radius 3 is 2.79 bits per heavy atom. The molecular weight excluding hydrogens is 176 g/mol. The lowest BCUT2D eigenvalue weighted by atomic mass is 9.95. The molecule has 1 fully saturated rings.